The van der Waals surface area contributed by atoms with Gasteiger partial charge in [0.05, 0.1) is 44.3 Å². The quantitative estimate of drug-likeness (QED) is 0.190. The molecule has 6 aromatic rings. The summed E-state index contributed by atoms with van der Waals surface area (Å²) < 4.78 is 12.6. The lowest BCUT2D eigenvalue weighted by molar-refractivity contribution is -0.00174. The van der Waals surface area contributed by atoms with Gasteiger partial charge in [-0.2, -0.15) is 10.2 Å². The van der Waals surface area contributed by atoms with Gasteiger partial charge in [-0.3, -0.25) is 9.36 Å². The van der Waals surface area contributed by atoms with Gasteiger partial charge in [0.25, 0.3) is 0 Å². The molecule has 4 aromatic heterocycles. The predicted molar refractivity (Wildman–Crippen MR) is 164 cm³/mol. The van der Waals surface area contributed by atoms with Crippen molar-refractivity contribution in [3.63, 3.8) is 0 Å². The van der Waals surface area contributed by atoms with Crippen LogP contribution >= 0.6 is 0 Å². The van der Waals surface area contributed by atoms with Gasteiger partial charge in [0.15, 0.2) is 11.4 Å². The topological polar surface area (TPSA) is 161 Å². The van der Waals surface area contributed by atoms with Crippen LogP contribution in [0.5, 0.6) is 0 Å². The van der Waals surface area contributed by atoms with E-state index in [0.717, 1.165) is 27.9 Å². The van der Waals surface area contributed by atoms with Crippen molar-refractivity contribution in [2.45, 2.75) is 52.0 Å². The van der Waals surface area contributed by atoms with E-state index < -0.39 is 17.5 Å². The van der Waals surface area contributed by atoms with E-state index in [0.29, 0.717) is 32.6 Å². The van der Waals surface area contributed by atoms with Crippen molar-refractivity contribution in [2.75, 3.05) is 0 Å². The second kappa shape index (κ2) is 13.0. The molecule has 46 heavy (non-hydrogen) atoms. The number of benzene rings is 2. The summed E-state index contributed by atoms with van der Waals surface area (Å²) in [4.78, 5) is 23.9. The van der Waals surface area contributed by atoms with Crippen LogP contribution in [0.4, 0.5) is 0 Å². The summed E-state index contributed by atoms with van der Waals surface area (Å²) in [5, 5.41) is 33.5. The maximum Gasteiger partial charge on any atom is 0.361 e. The zero-order chi connectivity index (χ0) is 32.1. The molecular formula is C32H32N10O4. The summed E-state index contributed by atoms with van der Waals surface area (Å²) >= 11 is 0. The van der Waals surface area contributed by atoms with E-state index in [1.807, 2.05) is 96.3 Å². The summed E-state index contributed by atoms with van der Waals surface area (Å²) in [5.74, 6) is -1.65. The van der Waals surface area contributed by atoms with Crippen LogP contribution in [0.2, 0.25) is 0 Å². The molecule has 1 N–H and O–H groups in total. The highest BCUT2D eigenvalue weighted by atomic mass is 16.6. The lowest BCUT2D eigenvalue weighted by Crippen LogP contribution is -2.31. The van der Waals surface area contributed by atoms with Crippen LogP contribution in [0.15, 0.2) is 91.6 Å². The number of aromatic nitrogens is 10. The molecular weight excluding hydrogens is 588 g/mol. The van der Waals surface area contributed by atoms with Gasteiger partial charge in [-0.15, -0.1) is 10.2 Å². The van der Waals surface area contributed by atoms with Crippen molar-refractivity contribution in [3.05, 3.63) is 131 Å². The normalized spacial score (nSPS) is 11.5. The van der Waals surface area contributed by atoms with E-state index in [1.54, 1.807) is 17.1 Å². The highest BCUT2D eigenvalue weighted by molar-refractivity contribution is 5.87. The van der Waals surface area contributed by atoms with Crippen LogP contribution in [-0.2, 0) is 37.3 Å². The molecule has 0 aliphatic heterocycles. The van der Waals surface area contributed by atoms with Gasteiger partial charge in [-0.25, -0.2) is 19.0 Å². The first-order chi connectivity index (χ1) is 22.2. The summed E-state index contributed by atoms with van der Waals surface area (Å²) in [6.07, 6.45) is 8.98. The third-order valence-corrected chi connectivity index (χ3v) is 7.16. The lowest BCUT2D eigenvalue weighted by Gasteiger charge is -2.23. The fourth-order valence-electron chi connectivity index (χ4n) is 4.95. The van der Waals surface area contributed by atoms with Crippen LogP contribution in [-0.4, -0.2) is 72.2 Å². The number of carboxylic acids is 1. The van der Waals surface area contributed by atoms with Gasteiger partial charge in [0.2, 0.25) is 0 Å². The van der Waals surface area contributed by atoms with E-state index in [4.69, 9.17) is 9.84 Å². The highest BCUT2D eigenvalue weighted by Crippen LogP contribution is 2.19. The fraction of sp³-hybridized carbons (Fsp3) is 0.250. The van der Waals surface area contributed by atoms with Gasteiger partial charge in [-0.05, 0) is 48.2 Å². The Morgan fingerprint density at radius 2 is 1.24 bits per heavy atom. The first-order valence-electron chi connectivity index (χ1n) is 14.6. The van der Waals surface area contributed by atoms with E-state index >= 15 is 0 Å². The lowest BCUT2D eigenvalue weighted by atomic mass is 10.0. The SMILES string of the molecule is CC(C)(Cc1ccn(Cc2ccc(Cn3cc(C(=O)O)nn3)cc2)n1)OC(=O)c1cn(Cc2ccc(Cn3cccn3)cc2)nn1. The van der Waals surface area contributed by atoms with Crippen molar-refractivity contribution in [3.8, 4) is 0 Å². The molecule has 0 fully saturated rings. The molecule has 0 aliphatic carbocycles. The molecule has 0 saturated carbocycles. The number of hydrogen-bond donors (Lipinski definition) is 1. The average Bonchev–Trinajstić information content (AvgIpc) is 3.84. The van der Waals surface area contributed by atoms with Crippen LogP contribution in [0.25, 0.3) is 0 Å². The van der Waals surface area contributed by atoms with Crippen LogP contribution < -0.4 is 0 Å². The molecule has 234 valence electrons. The molecule has 0 atom stereocenters. The molecule has 2 aromatic carbocycles. The Morgan fingerprint density at radius 3 is 1.76 bits per heavy atom. The minimum atomic E-state index is -1.11. The minimum absolute atomic E-state index is 0.0901. The number of aromatic carboxylic acids is 1. The largest absolute Gasteiger partial charge is 0.476 e. The molecule has 14 nitrogen and oxygen atoms in total. The van der Waals surface area contributed by atoms with Crippen molar-refractivity contribution in [1.82, 2.24) is 49.5 Å². The summed E-state index contributed by atoms with van der Waals surface area (Å²) in [7, 11) is 0. The molecule has 0 spiro atoms. The van der Waals surface area contributed by atoms with Crippen molar-refractivity contribution in [2.24, 2.45) is 0 Å². The number of nitrogens with zero attached hydrogens (tertiary/aromatic N) is 10. The number of hydrogen-bond acceptors (Lipinski definition) is 9. The van der Waals surface area contributed by atoms with E-state index in [9.17, 15) is 9.59 Å². The smallest absolute Gasteiger partial charge is 0.361 e. The summed E-state index contributed by atoms with van der Waals surface area (Å²) in [5.41, 5.74) is 4.19. The molecule has 4 heterocycles. The third kappa shape index (κ3) is 7.77. The number of ether oxygens (including phenoxy) is 1. The number of carbonyl (C=O) groups is 2. The molecule has 0 amide bonds. The molecule has 0 saturated heterocycles. The number of carboxylic acid groups (broad SMARTS) is 1. The van der Waals surface area contributed by atoms with Gasteiger partial charge in [-0.1, -0.05) is 59.0 Å². The second-order valence-corrected chi connectivity index (χ2v) is 11.6. The Balaban J connectivity index is 0.987. The van der Waals surface area contributed by atoms with Crippen LogP contribution in [0, 0.1) is 0 Å². The molecule has 0 aliphatic rings. The minimum Gasteiger partial charge on any atom is -0.476 e. The monoisotopic (exact) mass is 620 g/mol. The fourth-order valence-corrected chi connectivity index (χ4v) is 4.95. The predicted octanol–water partition coefficient (Wildman–Crippen LogP) is 3.33. The Labute approximate surface area is 263 Å². The second-order valence-electron chi connectivity index (χ2n) is 11.6. The number of rotatable bonds is 13. The average molecular weight is 621 g/mol. The number of carbonyl (C=O) groups excluding carboxylic acids is 1. The van der Waals surface area contributed by atoms with E-state index in [-0.39, 0.29) is 11.4 Å². The van der Waals surface area contributed by atoms with Crippen LogP contribution in [0.3, 0.4) is 0 Å². The van der Waals surface area contributed by atoms with Gasteiger partial charge < -0.3 is 9.84 Å². The van der Waals surface area contributed by atoms with Gasteiger partial charge in [0, 0.05) is 25.0 Å². The van der Waals surface area contributed by atoms with Crippen molar-refractivity contribution in [1.29, 1.82) is 0 Å². The molecule has 0 unspecified atom stereocenters. The molecule has 6 rings (SSSR count). The highest BCUT2D eigenvalue weighted by Gasteiger charge is 2.27. The molecule has 14 heteroatoms. The van der Waals surface area contributed by atoms with E-state index in [1.165, 1.54) is 10.9 Å². The Kier molecular flexibility index (Phi) is 8.50. The Hall–Kier alpha value is -5.92. The maximum atomic E-state index is 12.9. The zero-order valence-corrected chi connectivity index (χ0v) is 25.3. The van der Waals surface area contributed by atoms with Gasteiger partial charge >= 0.3 is 11.9 Å². The van der Waals surface area contributed by atoms with Crippen LogP contribution in [0.1, 0.15) is 62.8 Å². The zero-order valence-electron chi connectivity index (χ0n) is 25.3. The standard InChI is InChI=1S/C32H32N10O4/c1-32(2,46-31(45)29-22-42(38-35-29)20-26-8-4-23(5-9-26)17-39-14-3-13-33-39)16-27-12-15-40(36-27)18-24-6-10-25(11-7-24)19-41-21-28(30(43)44)34-37-41/h3-15,21-22H,16-20H2,1-2H3,(H,43,44). The number of esters is 1. The Bertz CT molecular complexity index is 1920. The summed E-state index contributed by atoms with van der Waals surface area (Å²) in [6, 6.07) is 19.8. The molecule has 0 radical (unpaired) electrons. The molecule has 0 bridgehead atoms. The van der Waals surface area contributed by atoms with Crippen molar-refractivity contribution < 1.29 is 19.4 Å². The van der Waals surface area contributed by atoms with Crippen molar-refractivity contribution >= 4 is 11.9 Å². The van der Waals surface area contributed by atoms with Gasteiger partial charge in [0.1, 0.15) is 5.60 Å². The first kappa shape index (κ1) is 30.1. The van der Waals surface area contributed by atoms with E-state index in [2.05, 4.69) is 30.8 Å². The first-order valence-corrected chi connectivity index (χ1v) is 14.6. The Morgan fingerprint density at radius 1 is 0.717 bits per heavy atom. The summed E-state index contributed by atoms with van der Waals surface area (Å²) in [6.45, 7) is 5.82. The third-order valence-electron chi connectivity index (χ3n) is 7.16. The maximum absolute atomic E-state index is 12.9.